The molecule has 1 fully saturated rings. The van der Waals surface area contributed by atoms with Gasteiger partial charge in [0, 0.05) is 13.1 Å². The smallest absolute Gasteiger partial charge is 0.308 e. The molecule has 1 heterocycles. The molecule has 20 heavy (non-hydrogen) atoms. The largest absolute Gasteiger partial charge is 0.481 e. The van der Waals surface area contributed by atoms with E-state index in [9.17, 15) is 18.4 Å². The lowest BCUT2D eigenvalue weighted by atomic mass is 9.99. The Morgan fingerprint density at radius 2 is 1.95 bits per heavy atom. The Morgan fingerprint density at radius 3 is 2.50 bits per heavy atom. The molecule has 1 saturated heterocycles. The molecule has 4 nitrogen and oxygen atoms in total. The second-order valence-electron chi connectivity index (χ2n) is 4.88. The first kappa shape index (κ1) is 14.7. The summed E-state index contributed by atoms with van der Waals surface area (Å²) in [6, 6.07) is 1.47. The van der Waals surface area contributed by atoms with Crippen LogP contribution >= 0.6 is 11.6 Å². The van der Waals surface area contributed by atoms with Crippen LogP contribution in [0.5, 0.6) is 0 Å². The molecule has 108 valence electrons. The van der Waals surface area contributed by atoms with Crippen molar-refractivity contribution in [2.45, 2.75) is 6.92 Å². The third-order valence-electron chi connectivity index (χ3n) is 3.46. The van der Waals surface area contributed by atoms with Gasteiger partial charge in [0.05, 0.1) is 16.5 Å². The summed E-state index contributed by atoms with van der Waals surface area (Å²) in [6.07, 6.45) is 0. The highest BCUT2D eigenvalue weighted by Gasteiger charge is 2.37. The van der Waals surface area contributed by atoms with Crippen LogP contribution in [0.1, 0.15) is 17.3 Å². The van der Waals surface area contributed by atoms with Gasteiger partial charge in [0.2, 0.25) is 0 Å². The molecule has 0 bridgehead atoms. The normalized spacial score (nSPS) is 22.1. The first-order chi connectivity index (χ1) is 9.31. The van der Waals surface area contributed by atoms with Crippen LogP contribution in [-0.4, -0.2) is 35.0 Å². The van der Waals surface area contributed by atoms with Gasteiger partial charge in [-0.15, -0.1) is 0 Å². The number of hydrogen-bond donors (Lipinski definition) is 1. The minimum Gasteiger partial charge on any atom is -0.481 e. The number of nitrogens with zero attached hydrogens (tertiary/aromatic N) is 1. The first-order valence-electron chi connectivity index (χ1n) is 5.98. The maximum Gasteiger partial charge on any atom is 0.308 e. The average molecular weight is 304 g/mol. The molecule has 0 spiro atoms. The van der Waals surface area contributed by atoms with Crippen molar-refractivity contribution in [1.82, 2.24) is 4.90 Å². The average Bonchev–Trinajstić information content (AvgIpc) is 2.75. The molecule has 2 rings (SSSR count). The van der Waals surface area contributed by atoms with Crippen LogP contribution in [0.25, 0.3) is 0 Å². The third kappa shape index (κ3) is 2.60. The van der Waals surface area contributed by atoms with Gasteiger partial charge in [0.15, 0.2) is 0 Å². The predicted molar refractivity (Wildman–Crippen MR) is 67.6 cm³/mol. The van der Waals surface area contributed by atoms with E-state index in [1.165, 1.54) is 4.90 Å². The van der Waals surface area contributed by atoms with Crippen molar-refractivity contribution in [3.05, 3.63) is 34.4 Å². The fourth-order valence-electron chi connectivity index (χ4n) is 2.31. The van der Waals surface area contributed by atoms with Gasteiger partial charge in [0.1, 0.15) is 11.6 Å². The molecule has 7 heteroatoms. The predicted octanol–water partition coefficient (Wildman–Crippen LogP) is 2.41. The van der Waals surface area contributed by atoms with E-state index >= 15 is 0 Å². The Labute approximate surface area is 118 Å². The Hall–Kier alpha value is -1.69. The van der Waals surface area contributed by atoms with E-state index in [0.29, 0.717) is 0 Å². The molecule has 1 aliphatic heterocycles. The van der Waals surface area contributed by atoms with E-state index in [4.69, 9.17) is 16.7 Å². The summed E-state index contributed by atoms with van der Waals surface area (Å²) < 4.78 is 27.0. The lowest BCUT2D eigenvalue weighted by molar-refractivity contribution is -0.142. The number of halogens is 3. The number of benzene rings is 1. The summed E-state index contributed by atoms with van der Waals surface area (Å²) in [4.78, 5) is 24.3. The lowest BCUT2D eigenvalue weighted by Gasteiger charge is -2.16. The molecule has 1 aliphatic rings. The topological polar surface area (TPSA) is 57.6 Å². The molecule has 0 aromatic heterocycles. The van der Waals surface area contributed by atoms with Gasteiger partial charge in [-0.25, -0.2) is 8.78 Å². The monoisotopic (exact) mass is 303 g/mol. The van der Waals surface area contributed by atoms with Crippen molar-refractivity contribution >= 4 is 23.5 Å². The summed E-state index contributed by atoms with van der Waals surface area (Å²) in [5.74, 6) is -4.48. The van der Waals surface area contributed by atoms with Crippen LogP contribution in [0.3, 0.4) is 0 Å². The summed E-state index contributed by atoms with van der Waals surface area (Å²) in [5.41, 5.74) is -0.440. The number of rotatable bonds is 2. The van der Waals surface area contributed by atoms with Crippen molar-refractivity contribution in [2.75, 3.05) is 13.1 Å². The number of hydrogen-bond acceptors (Lipinski definition) is 2. The van der Waals surface area contributed by atoms with Gasteiger partial charge < -0.3 is 10.0 Å². The van der Waals surface area contributed by atoms with Crippen molar-refractivity contribution in [1.29, 1.82) is 0 Å². The highest BCUT2D eigenvalue weighted by atomic mass is 35.5. The zero-order chi connectivity index (χ0) is 15.0. The van der Waals surface area contributed by atoms with Crippen molar-refractivity contribution < 1.29 is 23.5 Å². The molecule has 0 saturated carbocycles. The van der Waals surface area contributed by atoms with Crippen LogP contribution in [0.4, 0.5) is 8.78 Å². The number of likely N-dealkylation sites (tertiary alicyclic amines) is 1. The first-order valence-corrected chi connectivity index (χ1v) is 6.35. The number of carboxylic acid groups (broad SMARTS) is 1. The number of carbonyl (C=O) groups excluding carboxylic acids is 1. The van der Waals surface area contributed by atoms with Crippen LogP contribution < -0.4 is 0 Å². The summed E-state index contributed by atoms with van der Waals surface area (Å²) in [7, 11) is 0. The minimum absolute atomic E-state index is 0.0149. The standard InChI is InChI=1S/C13H12ClF2NO3/c1-6-4-17(5-8(6)13(19)20)12(18)7-2-11(16)9(14)3-10(7)15/h2-3,6,8H,4-5H2,1H3,(H,19,20). The van der Waals surface area contributed by atoms with Gasteiger partial charge in [-0.2, -0.15) is 0 Å². The Bertz CT molecular complexity index is 579. The quantitative estimate of drug-likeness (QED) is 0.854. The van der Waals surface area contributed by atoms with Crippen LogP contribution in [-0.2, 0) is 4.79 Å². The summed E-state index contributed by atoms with van der Waals surface area (Å²) >= 11 is 5.42. The number of amides is 1. The summed E-state index contributed by atoms with van der Waals surface area (Å²) in [6.45, 7) is 1.88. The zero-order valence-electron chi connectivity index (χ0n) is 10.6. The van der Waals surface area contributed by atoms with Gasteiger partial charge in [-0.1, -0.05) is 18.5 Å². The SMILES string of the molecule is CC1CN(C(=O)c2cc(F)c(Cl)cc2F)CC1C(=O)O. The van der Waals surface area contributed by atoms with Gasteiger partial charge >= 0.3 is 5.97 Å². The van der Waals surface area contributed by atoms with E-state index < -0.39 is 40.0 Å². The van der Waals surface area contributed by atoms with Crippen LogP contribution in [0.2, 0.25) is 5.02 Å². The van der Waals surface area contributed by atoms with E-state index in [2.05, 4.69) is 0 Å². The van der Waals surface area contributed by atoms with E-state index in [1.54, 1.807) is 6.92 Å². The fraction of sp³-hybridized carbons (Fsp3) is 0.385. The highest BCUT2D eigenvalue weighted by molar-refractivity contribution is 6.30. The van der Waals surface area contributed by atoms with E-state index in [0.717, 1.165) is 12.1 Å². The Morgan fingerprint density at radius 1 is 1.30 bits per heavy atom. The maximum atomic E-state index is 13.7. The van der Waals surface area contributed by atoms with Crippen LogP contribution in [0, 0.1) is 23.5 Å². The number of carbonyl (C=O) groups is 2. The number of aliphatic carboxylic acids is 1. The molecule has 1 amide bonds. The molecule has 0 aliphatic carbocycles. The molecule has 1 N–H and O–H groups in total. The number of carboxylic acids is 1. The molecule has 2 atom stereocenters. The summed E-state index contributed by atoms with van der Waals surface area (Å²) in [5, 5.41) is 8.59. The van der Waals surface area contributed by atoms with Gasteiger partial charge in [-0.05, 0) is 18.1 Å². The second kappa shape index (κ2) is 5.36. The fourth-order valence-corrected chi connectivity index (χ4v) is 2.46. The van der Waals surface area contributed by atoms with Crippen LogP contribution in [0.15, 0.2) is 12.1 Å². The molecular formula is C13H12ClF2NO3. The lowest BCUT2D eigenvalue weighted by Crippen LogP contribution is -2.30. The van der Waals surface area contributed by atoms with Crippen molar-refractivity contribution in [2.24, 2.45) is 11.8 Å². The molecule has 1 aromatic rings. The molecule has 0 radical (unpaired) electrons. The van der Waals surface area contributed by atoms with E-state index in [-0.39, 0.29) is 19.0 Å². The van der Waals surface area contributed by atoms with E-state index in [1.807, 2.05) is 0 Å². The van der Waals surface area contributed by atoms with Gasteiger partial charge in [-0.3, -0.25) is 9.59 Å². The minimum atomic E-state index is -1.00. The molecule has 2 unspecified atom stereocenters. The maximum absolute atomic E-state index is 13.7. The molecule has 1 aromatic carbocycles. The molecular weight excluding hydrogens is 292 g/mol. The second-order valence-corrected chi connectivity index (χ2v) is 5.29. The van der Waals surface area contributed by atoms with Crippen molar-refractivity contribution in [3.63, 3.8) is 0 Å². The Balaban J connectivity index is 2.25. The highest BCUT2D eigenvalue weighted by Crippen LogP contribution is 2.26. The third-order valence-corrected chi connectivity index (χ3v) is 3.75. The van der Waals surface area contributed by atoms with Gasteiger partial charge in [0.25, 0.3) is 5.91 Å². The Kier molecular flexibility index (Phi) is 3.94. The zero-order valence-corrected chi connectivity index (χ0v) is 11.3. The van der Waals surface area contributed by atoms with Crippen molar-refractivity contribution in [3.8, 4) is 0 Å².